The Balaban J connectivity index is 2.46. The van der Waals surface area contributed by atoms with Crippen molar-refractivity contribution in [1.82, 2.24) is 4.98 Å². The van der Waals surface area contributed by atoms with Crippen LogP contribution in [-0.2, 0) is 10.3 Å². The van der Waals surface area contributed by atoms with Gasteiger partial charge in [0.2, 0.25) is 0 Å². The van der Waals surface area contributed by atoms with Gasteiger partial charge in [-0.05, 0) is 47.3 Å². The van der Waals surface area contributed by atoms with Crippen LogP contribution >= 0.6 is 15.9 Å². The van der Waals surface area contributed by atoms with Crippen molar-refractivity contribution < 1.29 is 4.74 Å². The van der Waals surface area contributed by atoms with E-state index in [1.165, 1.54) is 5.56 Å². The van der Waals surface area contributed by atoms with Crippen molar-refractivity contribution >= 4 is 15.9 Å². The lowest BCUT2D eigenvalue weighted by molar-refractivity contribution is 0.0744. The molecule has 1 heterocycles. The maximum atomic E-state index is 5.48. The SMILES string of the molecule is COC1(c2nccc(C)c2Br)CC1. The number of rotatable bonds is 2. The molecule has 0 aromatic carbocycles. The van der Waals surface area contributed by atoms with E-state index in [0.29, 0.717) is 0 Å². The number of aromatic nitrogens is 1. The second-order valence-corrected chi connectivity index (χ2v) is 4.28. The van der Waals surface area contributed by atoms with Gasteiger partial charge in [0.05, 0.1) is 5.69 Å². The first-order valence-electron chi connectivity index (χ1n) is 4.36. The van der Waals surface area contributed by atoms with Crippen LogP contribution in [0, 0.1) is 6.92 Å². The molecule has 0 unspecified atom stereocenters. The molecule has 0 amide bonds. The minimum absolute atomic E-state index is 0.0924. The molecule has 70 valence electrons. The summed E-state index contributed by atoms with van der Waals surface area (Å²) in [6.07, 6.45) is 4.01. The highest BCUT2D eigenvalue weighted by molar-refractivity contribution is 9.10. The average molecular weight is 242 g/mol. The van der Waals surface area contributed by atoms with E-state index in [-0.39, 0.29) is 5.60 Å². The average Bonchev–Trinajstić information content (AvgIpc) is 2.90. The van der Waals surface area contributed by atoms with Crippen molar-refractivity contribution in [2.24, 2.45) is 0 Å². The molecule has 1 aromatic heterocycles. The van der Waals surface area contributed by atoms with Gasteiger partial charge in [-0.15, -0.1) is 0 Å². The van der Waals surface area contributed by atoms with Crippen LogP contribution in [0.4, 0.5) is 0 Å². The third kappa shape index (κ3) is 1.40. The molecule has 1 aliphatic rings. The van der Waals surface area contributed by atoms with Gasteiger partial charge in [0.15, 0.2) is 0 Å². The highest BCUT2D eigenvalue weighted by atomic mass is 79.9. The Morgan fingerprint density at radius 3 is 2.77 bits per heavy atom. The number of pyridine rings is 1. The summed E-state index contributed by atoms with van der Waals surface area (Å²) >= 11 is 3.55. The molecular weight excluding hydrogens is 230 g/mol. The van der Waals surface area contributed by atoms with Crippen LogP contribution in [0.5, 0.6) is 0 Å². The first-order chi connectivity index (χ1) is 6.19. The van der Waals surface area contributed by atoms with Crippen molar-refractivity contribution in [2.75, 3.05) is 7.11 Å². The monoisotopic (exact) mass is 241 g/mol. The predicted molar refractivity (Wildman–Crippen MR) is 54.6 cm³/mol. The Morgan fingerprint density at radius 2 is 2.23 bits per heavy atom. The van der Waals surface area contributed by atoms with E-state index < -0.39 is 0 Å². The highest BCUT2D eigenvalue weighted by Crippen LogP contribution is 2.50. The van der Waals surface area contributed by atoms with E-state index in [0.717, 1.165) is 23.0 Å². The number of methoxy groups -OCH3 is 1. The van der Waals surface area contributed by atoms with Crippen LogP contribution in [-0.4, -0.2) is 12.1 Å². The zero-order chi connectivity index (χ0) is 9.47. The second kappa shape index (κ2) is 3.07. The Bertz CT molecular complexity index is 334. The summed E-state index contributed by atoms with van der Waals surface area (Å²) in [5.41, 5.74) is 2.17. The van der Waals surface area contributed by atoms with E-state index in [1.807, 2.05) is 12.3 Å². The molecule has 13 heavy (non-hydrogen) atoms. The van der Waals surface area contributed by atoms with Crippen LogP contribution in [0.15, 0.2) is 16.7 Å². The number of nitrogens with zero attached hydrogens (tertiary/aromatic N) is 1. The Hall–Kier alpha value is -0.410. The normalized spacial score (nSPS) is 18.7. The number of hydrogen-bond donors (Lipinski definition) is 0. The predicted octanol–water partition coefficient (Wildman–Crippen LogP) is 2.79. The summed E-state index contributed by atoms with van der Waals surface area (Å²) < 4.78 is 6.57. The maximum Gasteiger partial charge on any atom is 0.111 e. The lowest BCUT2D eigenvalue weighted by Gasteiger charge is -2.15. The molecule has 0 aliphatic heterocycles. The molecule has 0 spiro atoms. The van der Waals surface area contributed by atoms with Crippen LogP contribution in [0.1, 0.15) is 24.1 Å². The number of aryl methyl sites for hydroxylation is 1. The Kier molecular flexibility index (Phi) is 2.16. The van der Waals surface area contributed by atoms with Crippen molar-refractivity contribution in [3.05, 3.63) is 28.0 Å². The standard InChI is InChI=1S/C10H12BrNO/c1-7-3-6-12-9(8(7)11)10(13-2)4-5-10/h3,6H,4-5H2,1-2H3. The molecule has 0 N–H and O–H groups in total. The first kappa shape index (κ1) is 9.16. The number of halogens is 1. The van der Waals surface area contributed by atoms with Gasteiger partial charge in [0.25, 0.3) is 0 Å². The van der Waals surface area contributed by atoms with Gasteiger partial charge in [0, 0.05) is 17.8 Å². The quantitative estimate of drug-likeness (QED) is 0.795. The van der Waals surface area contributed by atoms with E-state index in [2.05, 4.69) is 27.8 Å². The Labute approximate surface area is 86.5 Å². The molecule has 0 radical (unpaired) electrons. The van der Waals surface area contributed by atoms with Gasteiger partial charge in [-0.1, -0.05) is 0 Å². The summed E-state index contributed by atoms with van der Waals surface area (Å²) in [6, 6.07) is 2.00. The minimum Gasteiger partial charge on any atom is -0.372 e. The van der Waals surface area contributed by atoms with Crippen molar-refractivity contribution in [2.45, 2.75) is 25.4 Å². The van der Waals surface area contributed by atoms with Gasteiger partial charge in [-0.3, -0.25) is 4.98 Å². The van der Waals surface area contributed by atoms with E-state index in [1.54, 1.807) is 7.11 Å². The van der Waals surface area contributed by atoms with E-state index >= 15 is 0 Å². The molecule has 1 saturated carbocycles. The summed E-state index contributed by atoms with van der Waals surface area (Å²) in [4.78, 5) is 4.37. The lowest BCUT2D eigenvalue weighted by atomic mass is 10.1. The van der Waals surface area contributed by atoms with Crippen LogP contribution in [0.2, 0.25) is 0 Å². The van der Waals surface area contributed by atoms with E-state index in [4.69, 9.17) is 4.74 Å². The fourth-order valence-corrected chi connectivity index (χ4v) is 2.10. The molecule has 0 bridgehead atoms. The number of ether oxygens (including phenoxy) is 1. The summed E-state index contributed by atoms with van der Waals surface area (Å²) in [7, 11) is 1.75. The summed E-state index contributed by atoms with van der Waals surface area (Å²) in [6.45, 7) is 2.07. The smallest absolute Gasteiger partial charge is 0.111 e. The topological polar surface area (TPSA) is 22.1 Å². The summed E-state index contributed by atoms with van der Waals surface area (Å²) in [5, 5.41) is 0. The zero-order valence-electron chi connectivity index (χ0n) is 7.80. The second-order valence-electron chi connectivity index (χ2n) is 3.49. The number of hydrogen-bond acceptors (Lipinski definition) is 2. The lowest BCUT2D eigenvalue weighted by Crippen LogP contribution is -2.12. The molecule has 2 nitrogen and oxygen atoms in total. The first-order valence-corrected chi connectivity index (χ1v) is 5.16. The molecule has 0 saturated heterocycles. The van der Waals surface area contributed by atoms with Gasteiger partial charge < -0.3 is 4.74 Å². The molecule has 0 atom stereocenters. The van der Waals surface area contributed by atoms with Gasteiger partial charge in [-0.2, -0.15) is 0 Å². The molecule has 1 fully saturated rings. The summed E-state index contributed by atoms with van der Waals surface area (Å²) in [5.74, 6) is 0. The third-order valence-corrected chi connectivity index (χ3v) is 3.61. The molecule has 1 aromatic rings. The molecule has 2 rings (SSSR count). The largest absolute Gasteiger partial charge is 0.372 e. The fourth-order valence-electron chi connectivity index (χ4n) is 1.51. The molecule has 1 aliphatic carbocycles. The highest BCUT2D eigenvalue weighted by Gasteiger charge is 2.47. The van der Waals surface area contributed by atoms with E-state index in [9.17, 15) is 0 Å². The van der Waals surface area contributed by atoms with Crippen LogP contribution in [0.3, 0.4) is 0 Å². The molecule has 3 heteroatoms. The van der Waals surface area contributed by atoms with Crippen LogP contribution in [0.25, 0.3) is 0 Å². The van der Waals surface area contributed by atoms with Crippen molar-refractivity contribution in [3.8, 4) is 0 Å². The van der Waals surface area contributed by atoms with Gasteiger partial charge in [0.1, 0.15) is 5.60 Å². The van der Waals surface area contributed by atoms with Crippen molar-refractivity contribution in [3.63, 3.8) is 0 Å². The molecular formula is C10H12BrNO. The van der Waals surface area contributed by atoms with Crippen molar-refractivity contribution in [1.29, 1.82) is 0 Å². The fraction of sp³-hybridized carbons (Fsp3) is 0.500. The Morgan fingerprint density at radius 1 is 1.54 bits per heavy atom. The minimum atomic E-state index is -0.0924. The van der Waals surface area contributed by atoms with Gasteiger partial charge in [-0.25, -0.2) is 0 Å². The zero-order valence-corrected chi connectivity index (χ0v) is 9.39. The maximum absolute atomic E-state index is 5.48. The third-order valence-electron chi connectivity index (χ3n) is 2.61. The van der Waals surface area contributed by atoms with Gasteiger partial charge >= 0.3 is 0 Å². The van der Waals surface area contributed by atoms with Crippen LogP contribution < -0.4 is 0 Å².